The van der Waals surface area contributed by atoms with Crippen molar-refractivity contribution in [2.75, 3.05) is 6.54 Å². The topological polar surface area (TPSA) is 72.9 Å². The fourth-order valence-corrected chi connectivity index (χ4v) is 5.60. The van der Waals surface area contributed by atoms with Crippen molar-refractivity contribution in [3.63, 3.8) is 0 Å². The molecule has 1 aliphatic heterocycles. The highest BCUT2D eigenvalue weighted by Gasteiger charge is 2.37. The molecule has 0 saturated carbocycles. The summed E-state index contributed by atoms with van der Waals surface area (Å²) in [7, 11) is 0. The molecule has 6 nitrogen and oxygen atoms in total. The maximum absolute atomic E-state index is 12.7. The number of amides is 2. The summed E-state index contributed by atoms with van der Waals surface area (Å²) in [6, 6.07) is 8.68. The minimum atomic E-state index is -0.620. The molecule has 0 radical (unpaired) electrons. The van der Waals surface area contributed by atoms with Crippen LogP contribution in [0.1, 0.15) is 31.4 Å². The van der Waals surface area contributed by atoms with Gasteiger partial charge in [0.2, 0.25) is 0 Å². The Balaban J connectivity index is 1.72. The van der Waals surface area contributed by atoms with Crippen LogP contribution in [0.25, 0.3) is 6.08 Å². The third-order valence-corrected chi connectivity index (χ3v) is 7.45. The number of hydrogen-bond acceptors (Lipinski definition) is 6. The smallest absolute Gasteiger partial charge is 0.326 e. The van der Waals surface area contributed by atoms with E-state index in [1.807, 2.05) is 6.92 Å². The number of benzene rings is 2. The minimum Gasteiger partial charge on any atom is -0.486 e. The lowest BCUT2D eigenvalue weighted by atomic mass is 10.2. The summed E-state index contributed by atoms with van der Waals surface area (Å²) in [4.78, 5) is 38.1. The van der Waals surface area contributed by atoms with E-state index in [0.717, 1.165) is 22.2 Å². The van der Waals surface area contributed by atoms with Gasteiger partial charge in [-0.25, -0.2) is 0 Å². The van der Waals surface area contributed by atoms with E-state index in [1.54, 1.807) is 43.3 Å². The average Bonchev–Trinajstić information content (AvgIpc) is 3.01. The van der Waals surface area contributed by atoms with Crippen LogP contribution in [0.3, 0.4) is 0 Å². The lowest BCUT2D eigenvalue weighted by Crippen LogP contribution is -2.35. The number of esters is 1. The van der Waals surface area contributed by atoms with E-state index < -0.39 is 23.7 Å². The van der Waals surface area contributed by atoms with E-state index in [2.05, 4.69) is 31.9 Å². The van der Waals surface area contributed by atoms with Crippen LogP contribution in [0, 0.1) is 0 Å². The maximum Gasteiger partial charge on any atom is 0.326 e. The fourth-order valence-electron chi connectivity index (χ4n) is 2.85. The molecule has 0 spiro atoms. The van der Waals surface area contributed by atoms with Crippen molar-refractivity contribution in [1.82, 2.24) is 4.90 Å². The van der Waals surface area contributed by atoms with Gasteiger partial charge in [0, 0.05) is 15.6 Å². The van der Waals surface area contributed by atoms with Crippen molar-refractivity contribution in [2.45, 2.75) is 33.0 Å². The van der Waals surface area contributed by atoms with E-state index in [4.69, 9.17) is 32.7 Å². The number of ether oxygens (including phenoxy) is 2. The molecular weight excluding hydrogens is 633 g/mol. The molecule has 2 aromatic carbocycles. The third kappa shape index (κ3) is 6.79. The van der Waals surface area contributed by atoms with Gasteiger partial charge in [0.25, 0.3) is 11.1 Å². The van der Waals surface area contributed by atoms with Crippen molar-refractivity contribution >= 4 is 90.0 Å². The zero-order valence-corrected chi connectivity index (χ0v) is 23.6. The second kappa shape index (κ2) is 11.9. The molecular formula is C23H19Br2Cl2NO5S. The number of thioether (sulfide) groups is 1. The summed E-state index contributed by atoms with van der Waals surface area (Å²) >= 11 is 19.9. The number of rotatable bonds is 8. The number of carbonyl (C=O) groups excluding carboxylic acids is 3. The van der Waals surface area contributed by atoms with Gasteiger partial charge in [-0.05, 0) is 92.9 Å². The fraction of sp³-hybridized carbons (Fsp3) is 0.261. The first-order chi connectivity index (χ1) is 16.1. The first-order valence-corrected chi connectivity index (χ1v) is 13.3. The van der Waals surface area contributed by atoms with Gasteiger partial charge in [-0.1, -0.05) is 36.2 Å². The van der Waals surface area contributed by atoms with Crippen LogP contribution in [0.15, 0.2) is 44.2 Å². The molecule has 180 valence electrons. The number of nitrogens with zero attached hydrogens (tertiary/aromatic N) is 1. The van der Waals surface area contributed by atoms with Crippen LogP contribution in [-0.2, 0) is 20.9 Å². The van der Waals surface area contributed by atoms with Crippen LogP contribution in [0.2, 0.25) is 10.0 Å². The average molecular weight is 652 g/mol. The molecule has 0 aromatic heterocycles. The van der Waals surface area contributed by atoms with Gasteiger partial charge in [-0.2, -0.15) is 0 Å². The molecule has 1 fully saturated rings. The van der Waals surface area contributed by atoms with E-state index in [1.165, 1.54) is 0 Å². The van der Waals surface area contributed by atoms with Crippen molar-refractivity contribution in [1.29, 1.82) is 0 Å². The molecule has 1 aliphatic rings. The molecule has 0 N–H and O–H groups in total. The summed E-state index contributed by atoms with van der Waals surface area (Å²) in [6.45, 7) is 3.43. The lowest BCUT2D eigenvalue weighted by molar-refractivity contribution is -0.150. The molecule has 2 amide bonds. The van der Waals surface area contributed by atoms with Crippen molar-refractivity contribution in [2.24, 2.45) is 0 Å². The van der Waals surface area contributed by atoms with Gasteiger partial charge in [0.1, 0.15) is 18.9 Å². The monoisotopic (exact) mass is 649 g/mol. The standard InChI is InChI=1S/C23H19Br2Cl2NO5S/c1-3-12(2)33-20(29)10-28-22(30)19(34-23(28)31)8-13-6-16(24)21(17(25)7-13)32-11-14-4-5-15(26)9-18(14)27/h4-9,12H,3,10-11H2,1-2H3/b19-8+/t12-/m0/s1. The van der Waals surface area contributed by atoms with Gasteiger partial charge in [0.05, 0.1) is 20.0 Å². The molecule has 34 heavy (non-hydrogen) atoms. The van der Waals surface area contributed by atoms with Crippen LogP contribution < -0.4 is 4.74 Å². The Morgan fingerprint density at radius 2 is 1.85 bits per heavy atom. The van der Waals surface area contributed by atoms with Crippen molar-refractivity contribution < 1.29 is 23.9 Å². The third-order valence-electron chi connectivity index (χ3n) is 4.77. The minimum absolute atomic E-state index is 0.210. The second-order valence-electron chi connectivity index (χ2n) is 7.31. The van der Waals surface area contributed by atoms with Crippen molar-refractivity contribution in [3.05, 3.63) is 65.4 Å². The Bertz CT molecular complexity index is 1150. The Morgan fingerprint density at radius 1 is 1.18 bits per heavy atom. The number of imide groups is 1. The highest BCUT2D eigenvalue weighted by molar-refractivity contribution is 9.11. The molecule has 1 heterocycles. The van der Waals surface area contributed by atoms with Crippen molar-refractivity contribution in [3.8, 4) is 5.75 Å². The van der Waals surface area contributed by atoms with E-state index in [0.29, 0.717) is 36.7 Å². The van der Waals surface area contributed by atoms with E-state index in [9.17, 15) is 14.4 Å². The van der Waals surface area contributed by atoms with Crippen LogP contribution >= 0.6 is 66.8 Å². The SMILES string of the molecule is CC[C@H](C)OC(=O)CN1C(=O)S/C(=C/c2cc(Br)c(OCc3ccc(Cl)cc3Cl)c(Br)c2)C1=O. The number of halogens is 4. The Labute approximate surface area is 228 Å². The number of hydrogen-bond donors (Lipinski definition) is 0. The second-order valence-corrected chi connectivity index (χ2v) is 10.9. The molecule has 11 heteroatoms. The summed E-state index contributed by atoms with van der Waals surface area (Å²) in [5.41, 5.74) is 1.43. The predicted octanol–water partition coefficient (Wildman–Crippen LogP) is 7.48. The highest BCUT2D eigenvalue weighted by Crippen LogP contribution is 2.38. The summed E-state index contributed by atoms with van der Waals surface area (Å²) in [5.74, 6) is -0.615. The van der Waals surface area contributed by atoms with Gasteiger partial charge in [0.15, 0.2) is 0 Å². The molecule has 0 aliphatic carbocycles. The predicted molar refractivity (Wildman–Crippen MR) is 141 cm³/mol. The quantitative estimate of drug-likeness (QED) is 0.218. The van der Waals surface area contributed by atoms with E-state index in [-0.39, 0.29) is 17.6 Å². The maximum atomic E-state index is 12.7. The normalized spacial score (nSPS) is 15.7. The van der Waals surface area contributed by atoms with Gasteiger partial charge in [-0.15, -0.1) is 0 Å². The zero-order valence-electron chi connectivity index (χ0n) is 18.1. The largest absolute Gasteiger partial charge is 0.486 e. The molecule has 3 rings (SSSR count). The molecule has 2 aromatic rings. The van der Waals surface area contributed by atoms with Crippen LogP contribution in [-0.4, -0.2) is 34.7 Å². The Morgan fingerprint density at radius 3 is 2.47 bits per heavy atom. The van der Waals surface area contributed by atoms with Crippen LogP contribution in [0.4, 0.5) is 4.79 Å². The van der Waals surface area contributed by atoms with Gasteiger partial charge in [-0.3, -0.25) is 19.3 Å². The summed E-state index contributed by atoms with van der Waals surface area (Å²) in [6.07, 6.45) is 1.94. The highest BCUT2D eigenvalue weighted by atomic mass is 79.9. The summed E-state index contributed by atoms with van der Waals surface area (Å²) in [5, 5.41) is 0.521. The number of carbonyl (C=O) groups is 3. The molecule has 1 atom stereocenters. The first kappa shape index (κ1) is 27.1. The lowest BCUT2D eigenvalue weighted by Gasteiger charge is -2.15. The Hall–Kier alpha value is -1.52. The van der Waals surface area contributed by atoms with E-state index >= 15 is 0 Å². The molecule has 0 unspecified atom stereocenters. The van der Waals surface area contributed by atoms with Gasteiger partial charge >= 0.3 is 5.97 Å². The van der Waals surface area contributed by atoms with Gasteiger partial charge < -0.3 is 9.47 Å². The first-order valence-electron chi connectivity index (χ1n) is 10.1. The summed E-state index contributed by atoms with van der Waals surface area (Å²) < 4.78 is 12.3. The zero-order chi connectivity index (χ0) is 25.0. The molecule has 1 saturated heterocycles. The Kier molecular flexibility index (Phi) is 9.51. The van der Waals surface area contributed by atoms with Crippen LogP contribution in [0.5, 0.6) is 5.75 Å². The molecule has 0 bridgehead atoms.